The summed E-state index contributed by atoms with van der Waals surface area (Å²) in [5.74, 6) is 0.454. The van der Waals surface area contributed by atoms with Crippen molar-refractivity contribution in [2.75, 3.05) is 23.3 Å². The van der Waals surface area contributed by atoms with E-state index in [0.717, 1.165) is 37.2 Å². The lowest BCUT2D eigenvalue weighted by atomic mass is 10.2. The van der Waals surface area contributed by atoms with Gasteiger partial charge in [0.15, 0.2) is 0 Å². The Hall–Kier alpha value is -2.43. The van der Waals surface area contributed by atoms with Gasteiger partial charge in [-0.25, -0.2) is 9.97 Å². The molecule has 0 bridgehead atoms. The number of anilines is 2. The maximum atomic E-state index is 12.4. The average Bonchev–Trinajstić information content (AvgIpc) is 2.86. The summed E-state index contributed by atoms with van der Waals surface area (Å²) < 4.78 is 0. The Morgan fingerprint density at radius 3 is 2.43 bits per heavy atom. The van der Waals surface area contributed by atoms with Crippen LogP contribution in [0.2, 0.25) is 0 Å². The molecule has 1 saturated heterocycles. The van der Waals surface area contributed by atoms with Crippen LogP contribution in [0.25, 0.3) is 0 Å². The highest BCUT2D eigenvalue weighted by atomic mass is 16.1. The largest absolute Gasteiger partial charge is 0.341 e. The molecule has 1 amide bonds. The minimum atomic E-state index is -0.202. The summed E-state index contributed by atoms with van der Waals surface area (Å²) >= 11 is 0. The second kappa shape index (κ2) is 7.22. The van der Waals surface area contributed by atoms with Crippen LogP contribution in [0.4, 0.5) is 11.6 Å². The molecule has 1 fully saturated rings. The molecule has 3 rings (SSSR count). The molecule has 0 saturated carbocycles. The molecule has 0 atom stereocenters. The minimum absolute atomic E-state index is 0.202. The average molecular weight is 310 g/mol. The molecule has 1 aromatic heterocycles. The number of carbonyl (C=O) groups excluding carboxylic acids is 1. The SMILES string of the molecule is Cc1ccc(NC(=O)c2ccnc(N3CCCCCC3)n2)cc1. The fourth-order valence-electron chi connectivity index (χ4n) is 2.73. The summed E-state index contributed by atoms with van der Waals surface area (Å²) in [7, 11) is 0. The van der Waals surface area contributed by atoms with Crippen LogP contribution in [0.5, 0.6) is 0 Å². The Kier molecular flexibility index (Phi) is 4.86. The van der Waals surface area contributed by atoms with E-state index in [0.29, 0.717) is 11.6 Å². The molecule has 1 aliphatic heterocycles. The molecule has 1 N–H and O–H groups in total. The summed E-state index contributed by atoms with van der Waals surface area (Å²) in [5.41, 5.74) is 2.34. The van der Waals surface area contributed by atoms with Gasteiger partial charge in [0.05, 0.1) is 0 Å². The third-order valence-corrected chi connectivity index (χ3v) is 4.07. The third-order valence-electron chi connectivity index (χ3n) is 4.07. The number of hydrogen-bond donors (Lipinski definition) is 1. The molecule has 5 heteroatoms. The molecule has 0 unspecified atom stereocenters. The molecule has 1 aliphatic rings. The van der Waals surface area contributed by atoms with Gasteiger partial charge < -0.3 is 10.2 Å². The summed E-state index contributed by atoms with van der Waals surface area (Å²) in [4.78, 5) is 23.4. The second-order valence-electron chi connectivity index (χ2n) is 5.96. The molecule has 23 heavy (non-hydrogen) atoms. The van der Waals surface area contributed by atoms with E-state index in [1.165, 1.54) is 12.8 Å². The van der Waals surface area contributed by atoms with Crippen LogP contribution in [0.1, 0.15) is 41.7 Å². The van der Waals surface area contributed by atoms with Gasteiger partial charge in [0, 0.05) is 25.0 Å². The maximum Gasteiger partial charge on any atom is 0.274 e. The second-order valence-corrected chi connectivity index (χ2v) is 5.96. The minimum Gasteiger partial charge on any atom is -0.341 e. The van der Waals surface area contributed by atoms with Gasteiger partial charge in [0.25, 0.3) is 5.91 Å². The number of hydrogen-bond acceptors (Lipinski definition) is 4. The van der Waals surface area contributed by atoms with Crippen molar-refractivity contribution in [3.8, 4) is 0 Å². The van der Waals surface area contributed by atoms with Crippen molar-refractivity contribution >= 4 is 17.5 Å². The molecular formula is C18H22N4O. The van der Waals surface area contributed by atoms with E-state index in [2.05, 4.69) is 20.2 Å². The first-order valence-corrected chi connectivity index (χ1v) is 8.18. The van der Waals surface area contributed by atoms with Crippen LogP contribution in [0.3, 0.4) is 0 Å². The maximum absolute atomic E-state index is 12.4. The zero-order valence-corrected chi connectivity index (χ0v) is 13.5. The normalized spacial score (nSPS) is 15.1. The Morgan fingerprint density at radius 1 is 1.04 bits per heavy atom. The first kappa shape index (κ1) is 15.5. The molecule has 2 heterocycles. The van der Waals surface area contributed by atoms with E-state index in [1.54, 1.807) is 12.3 Å². The van der Waals surface area contributed by atoms with E-state index in [1.807, 2.05) is 31.2 Å². The fraction of sp³-hybridized carbons (Fsp3) is 0.389. The Morgan fingerprint density at radius 2 is 1.74 bits per heavy atom. The highest BCUT2D eigenvalue weighted by Crippen LogP contribution is 2.16. The van der Waals surface area contributed by atoms with Crippen molar-refractivity contribution in [2.45, 2.75) is 32.6 Å². The van der Waals surface area contributed by atoms with Crippen LogP contribution >= 0.6 is 0 Å². The molecule has 1 aromatic carbocycles. The molecular weight excluding hydrogens is 288 g/mol. The topological polar surface area (TPSA) is 58.1 Å². The Labute approximate surface area is 136 Å². The van der Waals surface area contributed by atoms with Crippen molar-refractivity contribution in [3.63, 3.8) is 0 Å². The number of aryl methyl sites for hydroxylation is 1. The van der Waals surface area contributed by atoms with Gasteiger partial charge in [-0.1, -0.05) is 30.5 Å². The zero-order valence-electron chi connectivity index (χ0n) is 13.5. The van der Waals surface area contributed by atoms with Crippen molar-refractivity contribution in [2.24, 2.45) is 0 Å². The van der Waals surface area contributed by atoms with Gasteiger partial charge >= 0.3 is 0 Å². The monoisotopic (exact) mass is 310 g/mol. The number of benzene rings is 1. The number of carbonyl (C=O) groups is 1. The van der Waals surface area contributed by atoms with Gasteiger partial charge in [0.2, 0.25) is 5.95 Å². The van der Waals surface area contributed by atoms with E-state index in [9.17, 15) is 4.79 Å². The molecule has 0 spiro atoms. The number of aromatic nitrogens is 2. The standard InChI is InChI=1S/C18H22N4O/c1-14-6-8-15(9-7-14)20-17(23)16-10-11-19-18(21-16)22-12-4-2-3-5-13-22/h6-11H,2-5,12-13H2,1H3,(H,20,23). The van der Waals surface area contributed by atoms with Gasteiger partial charge in [-0.2, -0.15) is 0 Å². The first-order valence-electron chi connectivity index (χ1n) is 8.18. The van der Waals surface area contributed by atoms with Gasteiger partial charge in [-0.15, -0.1) is 0 Å². The van der Waals surface area contributed by atoms with E-state index < -0.39 is 0 Å². The smallest absolute Gasteiger partial charge is 0.274 e. The highest BCUT2D eigenvalue weighted by molar-refractivity contribution is 6.02. The summed E-state index contributed by atoms with van der Waals surface area (Å²) in [6.45, 7) is 3.94. The number of nitrogens with one attached hydrogen (secondary N) is 1. The highest BCUT2D eigenvalue weighted by Gasteiger charge is 2.15. The van der Waals surface area contributed by atoms with Crippen molar-refractivity contribution in [1.29, 1.82) is 0 Å². The van der Waals surface area contributed by atoms with Crippen molar-refractivity contribution < 1.29 is 4.79 Å². The van der Waals surface area contributed by atoms with Gasteiger partial charge in [-0.3, -0.25) is 4.79 Å². The third kappa shape index (κ3) is 4.06. The summed E-state index contributed by atoms with van der Waals surface area (Å²) in [6.07, 6.45) is 6.48. The summed E-state index contributed by atoms with van der Waals surface area (Å²) in [6, 6.07) is 9.38. The van der Waals surface area contributed by atoms with E-state index in [-0.39, 0.29) is 5.91 Å². The lowest BCUT2D eigenvalue weighted by Crippen LogP contribution is -2.27. The van der Waals surface area contributed by atoms with Crippen LogP contribution in [0, 0.1) is 6.92 Å². The van der Waals surface area contributed by atoms with Gasteiger partial charge in [-0.05, 0) is 38.0 Å². The lowest BCUT2D eigenvalue weighted by Gasteiger charge is -2.20. The van der Waals surface area contributed by atoms with E-state index >= 15 is 0 Å². The summed E-state index contributed by atoms with van der Waals surface area (Å²) in [5, 5.41) is 2.88. The molecule has 0 radical (unpaired) electrons. The molecule has 5 nitrogen and oxygen atoms in total. The first-order chi connectivity index (χ1) is 11.2. The van der Waals surface area contributed by atoms with Crippen LogP contribution in [-0.4, -0.2) is 29.0 Å². The number of amides is 1. The Balaban J connectivity index is 1.73. The van der Waals surface area contributed by atoms with Crippen molar-refractivity contribution in [1.82, 2.24) is 9.97 Å². The molecule has 2 aromatic rings. The number of nitrogens with zero attached hydrogens (tertiary/aromatic N) is 3. The van der Waals surface area contributed by atoms with Crippen molar-refractivity contribution in [3.05, 3.63) is 47.8 Å². The predicted octanol–water partition coefficient (Wildman–Crippen LogP) is 3.42. The number of rotatable bonds is 3. The fourth-order valence-corrected chi connectivity index (χ4v) is 2.73. The van der Waals surface area contributed by atoms with E-state index in [4.69, 9.17) is 0 Å². The van der Waals surface area contributed by atoms with Crippen LogP contribution in [-0.2, 0) is 0 Å². The molecule has 0 aliphatic carbocycles. The van der Waals surface area contributed by atoms with Crippen LogP contribution in [0.15, 0.2) is 36.5 Å². The Bertz CT molecular complexity index is 661. The lowest BCUT2D eigenvalue weighted by molar-refractivity contribution is 0.102. The van der Waals surface area contributed by atoms with Gasteiger partial charge in [0.1, 0.15) is 5.69 Å². The van der Waals surface area contributed by atoms with Crippen LogP contribution < -0.4 is 10.2 Å². The quantitative estimate of drug-likeness (QED) is 0.943. The zero-order chi connectivity index (χ0) is 16.1. The molecule has 120 valence electrons. The predicted molar refractivity (Wildman–Crippen MR) is 91.8 cm³/mol.